The highest BCUT2D eigenvalue weighted by molar-refractivity contribution is 5.94. The summed E-state index contributed by atoms with van der Waals surface area (Å²) in [5.41, 5.74) is 6.63. The molecule has 7 aromatic rings. The molecule has 0 saturated carbocycles. The van der Waals surface area contributed by atoms with Gasteiger partial charge >= 0.3 is 5.97 Å². The highest BCUT2D eigenvalue weighted by Gasteiger charge is 2.42. The van der Waals surface area contributed by atoms with E-state index in [1.54, 1.807) is 13.1 Å². The Morgan fingerprint density at radius 1 is 0.741 bits per heavy atom. The van der Waals surface area contributed by atoms with Crippen molar-refractivity contribution in [1.29, 1.82) is 0 Å². The Morgan fingerprint density at radius 2 is 1.31 bits per heavy atom. The minimum absolute atomic E-state index is 0.280. The van der Waals surface area contributed by atoms with E-state index in [2.05, 4.69) is 131 Å². The summed E-state index contributed by atoms with van der Waals surface area (Å²) in [5.74, 6) is 1.42. The lowest BCUT2D eigenvalue weighted by molar-refractivity contribution is 0.0526. The second-order valence-corrected chi connectivity index (χ2v) is 13.1. The molecule has 2 aromatic heterocycles. The first kappa shape index (κ1) is 35.9. The number of aryl methyl sites for hydroxylation is 1. The van der Waals surface area contributed by atoms with Gasteiger partial charge in [-0.05, 0) is 64.1 Å². The third-order valence-electron chi connectivity index (χ3n) is 9.63. The zero-order chi connectivity index (χ0) is 37.3. The number of rotatable bonds is 14. The molecule has 0 saturated heterocycles. The average Bonchev–Trinajstić information content (AvgIpc) is 3.71. The standard InChI is InChI=1S/C45H43N7O2/c1-4-6-30-51(42-41(44(53)54-5-2)31-46-33(3)47-42)32-34-26-28-35(29-27-34)39-24-16-17-25-40(39)43-48-49-50-52(43)45(36-18-10-7-11-19-36,37-20-12-8-13-21-37)38-22-14-9-15-23-38/h7-29,31H,4-6,30,32H2,1-3H3. The molecular weight excluding hydrogens is 671 g/mol. The zero-order valence-corrected chi connectivity index (χ0v) is 30.8. The predicted octanol–water partition coefficient (Wildman–Crippen LogP) is 8.93. The van der Waals surface area contributed by atoms with Crippen LogP contribution in [-0.4, -0.2) is 49.3 Å². The first-order chi connectivity index (χ1) is 26.5. The van der Waals surface area contributed by atoms with E-state index >= 15 is 0 Å². The zero-order valence-electron chi connectivity index (χ0n) is 30.8. The average molecular weight is 714 g/mol. The number of aromatic nitrogens is 6. The monoisotopic (exact) mass is 713 g/mol. The van der Waals surface area contributed by atoms with Crippen molar-refractivity contribution >= 4 is 11.8 Å². The van der Waals surface area contributed by atoms with Gasteiger partial charge in [0.25, 0.3) is 0 Å². The third kappa shape index (κ3) is 7.13. The molecule has 0 fully saturated rings. The molecule has 0 aliphatic heterocycles. The molecular formula is C45H43N7O2. The summed E-state index contributed by atoms with van der Waals surface area (Å²) in [6, 6.07) is 48.1. The Hall–Kier alpha value is -6.48. The van der Waals surface area contributed by atoms with Crippen molar-refractivity contribution in [2.24, 2.45) is 0 Å². The van der Waals surface area contributed by atoms with Crippen LogP contribution in [0.2, 0.25) is 0 Å². The Morgan fingerprint density at radius 3 is 1.89 bits per heavy atom. The minimum Gasteiger partial charge on any atom is -0.462 e. The summed E-state index contributed by atoms with van der Waals surface area (Å²) < 4.78 is 7.33. The topological polar surface area (TPSA) is 98.9 Å². The molecule has 0 unspecified atom stereocenters. The number of unbranched alkanes of at least 4 members (excludes halogenated alkanes) is 1. The maximum Gasteiger partial charge on any atom is 0.343 e. The highest BCUT2D eigenvalue weighted by atomic mass is 16.5. The third-order valence-corrected chi connectivity index (χ3v) is 9.63. The van der Waals surface area contributed by atoms with Crippen LogP contribution in [0.3, 0.4) is 0 Å². The van der Waals surface area contributed by atoms with Crippen molar-refractivity contribution in [1.82, 2.24) is 30.2 Å². The number of carbonyl (C=O) groups is 1. The van der Waals surface area contributed by atoms with E-state index in [-0.39, 0.29) is 6.61 Å². The lowest BCUT2D eigenvalue weighted by Gasteiger charge is -2.36. The maximum atomic E-state index is 12.9. The maximum absolute atomic E-state index is 12.9. The number of nitrogens with zero attached hydrogens (tertiary/aromatic N) is 7. The summed E-state index contributed by atoms with van der Waals surface area (Å²) in [6.45, 7) is 7.37. The van der Waals surface area contributed by atoms with Gasteiger partial charge in [0.15, 0.2) is 5.82 Å². The summed E-state index contributed by atoms with van der Waals surface area (Å²) in [7, 11) is 0. The predicted molar refractivity (Wildman–Crippen MR) is 212 cm³/mol. The number of benzene rings is 5. The number of carbonyl (C=O) groups excluding carboxylic acids is 1. The fourth-order valence-corrected chi connectivity index (χ4v) is 7.09. The fourth-order valence-electron chi connectivity index (χ4n) is 7.09. The molecule has 0 spiro atoms. The molecule has 9 nitrogen and oxygen atoms in total. The van der Waals surface area contributed by atoms with E-state index in [9.17, 15) is 4.79 Å². The van der Waals surface area contributed by atoms with Gasteiger partial charge in [0.2, 0.25) is 0 Å². The quantitative estimate of drug-likeness (QED) is 0.0814. The molecule has 0 N–H and O–H groups in total. The molecule has 0 aliphatic rings. The van der Waals surface area contributed by atoms with Crippen LogP contribution in [0.4, 0.5) is 5.82 Å². The minimum atomic E-state index is -0.872. The molecule has 7 rings (SSSR count). The Bertz CT molecular complexity index is 2200. The highest BCUT2D eigenvalue weighted by Crippen LogP contribution is 2.43. The second-order valence-electron chi connectivity index (χ2n) is 13.1. The number of ether oxygens (including phenoxy) is 1. The number of hydrogen-bond acceptors (Lipinski definition) is 8. The summed E-state index contributed by atoms with van der Waals surface area (Å²) in [5, 5.41) is 13.8. The van der Waals surface area contributed by atoms with Gasteiger partial charge in [-0.1, -0.05) is 153 Å². The number of tetrazole rings is 1. The largest absolute Gasteiger partial charge is 0.462 e. The molecule has 9 heteroatoms. The summed E-state index contributed by atoms with van der Waals surface area (Å²) in [6.07, 6.45) is 3.52. The Kier molecular flexibility index (Phi) is 10.9. The van der Waals surface area contributed by atoms with Gasteiger partial charge in [-0.2, -0.15) is 0 Å². The normalized spacial score (nSPS) is 11.3. The van der Waals surface area contributed by atoms with E-state index in [0.717, 1.165) is 58.3 Å². The lowest BCUT2D eigenvalue weighted by Crippen LogP contribution is -2.39. The molecule has 0 radical (unpaired) electrons. The van der Waals surface area contributed by atoms with Gasteiger partial charge in [-0.25, -0.2) is 19.4 Å². The van der Waals surface area contributed by atoms with Crippen molar-refractivity contribution < 1.29 is 9.53 Å². The smallest absolute Gasteiger partial charge is 0.343 e. The van der Waals surface area contributed by atoms with Crippen LogP contribution in [0.1, 0.15) is 65.1 Å². The molecule has 5 aromatic carbocycles. The van der Waals surface area contributed by atoms with Crippen LogP contribution in [0.25, 0.3) is 22.5 Å². The first-order valence-electron chi connectivity index (χ1n) is 18.4. The SMILES string of the molecule is CCCCN(Cc1ccc(-c2ccccc2-c2nnnn2C(c2ccccc2)(c2ccccc2)c2ccccc2)cc1)c1nc(C)ncc1C(=O)OCC. The molecule has 0 amide bonds. The van der Waals surface area contributed by atoms with Crippen LogP contribution in [0.5, 0.6) is 0 Å². The lowest BCUT2D eigenvalue weighted by atomic mass is 9.77. The van der Waals surface area contributed by atoms with Crippen molar-refractivity contribution in [3.05, 3.63) is 179 Å². The van der Waals surface area contributed by atoms with Crippen LogP contribution in [-0.2, 0) is 16.8 Å². The fraction of sp³-hybridized carbons (Fsp3) is 0.200. The number of esters is 1. The summed E-state index contributed by atoms with van der Waals surface area (Å²) >= 11 is 0. The van der Waals surface area contributed by atoms with Crippen LogP contribution in [0, 0.1) is 6.92 Å². The molecule has 0 atom stereocenters. The Labute approximate surface area is 316 Å². The van der Waals surface area contributed by atoms with Crippen LogP contribution >= 0.6 is 0 Å². The van der Waals surface area contributed by atoms with Crippen molar-refractivity contribution in [2.45, 2.75) is 45.7 Å². The number of hydrogen-bond donors (Lipinski definition) is 0. The van der Waals surface area contributed by atoms with Crippen LogP contribution in [0.15, 0.2) is 146 Å². The molecule has 54 heavy (non-hydrogen) atoms. The Balaban J connectivity index is 1.30. The molecule has 2 heterocycles. The number of anilines is 1. The van der Waals surface area contributed by atoms with Gasteiger partial charge < -0.3 is 9.64 Å². The van der Waals surface area contributed by atoms with E-state index < -0.39 is 11.5 Å². The van der Waals surface area contributed by atoms with Gasteiger partial charge in [0, 0.05) is 24.8 Å². The first-order valence-corrected chi connectivity index (χ1v) is 18.4. The van der Waals surface area contributed by atoms with E-state index in [0.29, 0.717) is 29.6 Å². The van der Waals surface area contributed by atoms with Gasteiger partial charge in [0.1, 0.15) is 22.7 Å². The molecule has 270 valence electrons. The van der Waals surface area contributed by atoms with Crippen LogP contribution < -0.4 is 4.90 Å². The van der Waals surface area contributed by atoms with E-state index in [1.807, 2.05) is 41.9 Å². The summed E-state index contributed by atoms with van der Waals surface area (Å²) in [4.78, 5) is 24.1. The molecule has 0 bridgehead atoms. The van der Waals surface area contributed by atoms with Crippen molar-refractivity contribution in [2.75, 3.05) is 18.1 Å². The van der Waals surface area contributed by atoms with Crippen molar-refractivity contribution in [3.8, 4) is 22.5 Å². The van der Waals surface area contributed by atoms with E-state index in [4.69, 9.17) is 20.0 Å². The molecule has 0 aliphatic carbocycles. The van der Waals surface area contributed by atoms with Crippen molar-refractivity contribution in [3.63, 3.8) is 0 Å². The van der Waals surface area contributed by atoms with Gasteiger partial charge in [-0.15, -0.1) is 5.10 Å². The van der Waals surface area contributed by atoms with Gasteiger partial charge in [0.05, 0.1) is 6.61 Å². The van der Waals surface area contributed by atoms with E-state index in [1.165, 1.54) is 0 Å². The second kappa shape index (κ2) is 16.5. The van der Waals surface area contributed by atoms with Gasteiger partial charge in [-0.3, -0.25) is 0 Å².